The molecule has 25 heavy (non-hydrogen) atoms. The monoisotopic (exact) mass is 342 g/mol. The zero-order chi connectivity index (χ0) is 17.5. The molecular weight excluding hydrogens is 312 g/mol. The van der Waals surface area contributed by atoms with Gasteiger partial charge in [-0.3, -0.25) is 4.99 Å². The Morgan fingerprint density at radius 2 is 2.20 bits per heavy atom. The van der Waals surface area contributed by atoms with Gasteiger partial charge in [0.05, 0.1) is 12.1 Å². The minimum absolute atomic E-state index is 0.0909. The first kappa shape index (κ1) is 17.8. The fourth-order valence-corrected chi connectivity index (χ4v) is 3.37. The molecule has 1 aromatic carbocycles. The maximum atomic E-state index is 5.82. The minimum atomic E-state index is -0.0909. The summed E-state index contributed by atoms with van der Waals surface area (Å²) in [5.74, 6) is 0.887. The molecule has 136 valence electrons. The Morgan fingerprint density at radius 1 is 1.32 bits per heavy atom. The number of para-hydroxylation sites is 1. The summed E-state index contributed by atoms with van der Waals surface area (Å²) in [7, 11) is 0. The SMILES string of the molecule is CCNC(=NCC1(C)CCCO1)NCCCc1c[nH]c2ccccc12. The maximum Gasteiger partial charge on any atom is 0.191 e. The molecule has 3 N–H and O–H groups in total. The van der Waals surface area contributed by atoms with Crippen LogP contribution in [0.4, 0.5) is 0 Å². The third-order valence-corrected chi connectivity index (χ3v) is 4.81. The van der Waals surface area contributed by atoms with Crippen LogP contribution in [-0.2, 0) is 11.2 Å². The Kier molecular flexibility index (Phi) is 5.97. The molecule has 1 atom stereocenters. The third kappa shape index (κ3) is 4.75. The summed E-state index contributed by atoms with van der Waals surface area (Å²) >= 11 is 0. The number of H-pyrrole nitrogens is 1. The fraction of sp³-hybridized carbons (Fsp3) is 0.550. The van der Waals surface area contributed by atoms with Gasteiger partial charge in [0.25, 0.3) is 0 Å². The van der Waals surface area contributed by atoms with Crippen LogP contribution in [0, 0.1) is 0 Å². The number of aliphatic imine (C=N–C) groups is 1. The highest BCUT2D eigenvalue weighted by Crippen LogP contribution is 2.25. The van der Waals surface area contributed by atoms with Crippen LogP contribution in [0.5, 0.6) is 0 Å². The Labute approximate surface area is 150 Å². The molecule has 1 aliphatic rings. The van der Waals surface area contributed by atoms with Crippen LogP contribution in [0.3, 0.4) is 0 Å². The van der Waals surface area contributed by atoms with E-state index in [0.29, 0.717) is 6.54 Å². The molecule has 1 aliphatic heterocycles. The second kappa shape index (κ2) is 8.39. The first-order valence-corrected chi connectivity index (χ1v) is 9.41. The number of nitrogens with one attached hydrogen (secondary N) is 3. The molecule has 2 aromatic rings. The van der Waals surface area contributed by atoms with E-state index >= 15 is 0 Å². The third-order valence-electron chi connectivity index (χ3n) is 4.81. The second-order valence-electron chi connectivity index (χ2n) is 6.99. The number of fused-ring (bicyclic) bond motifs is 1. The molecule has 1 saturated heterocycles. The van der Waals surface area contributed by atoms with Gasteiger partial charge in [-0.15, -0.1) is 0 Å². The van der Waals surface area contributed by atoms with Crippen molar-refractivity contribution in [2.45, 2.75) is 45.1 Å². The molecule has 1 fully saturated rings. The lowest BCUT2D eigenvalue weighted by atomic mass is 10.0. The van der Waals surface area contributed by atoms with E-state index in [9.17, 15) is 0 Å². The van der Waals surface area contributed by atoms with Crippen LogP contribution in [0.1, 0.15) is 38.7 Å². The fourth-order valence-electron chi connectivity index (χ4n) is 3.37. The van der Waals surface area contributed by atoms with Crippen molar-refractivity contribution < 1.29 is 4.74 Å². The highest BCUT2D eigenvalue weighted by molar-refractivity contribution is 5.83. The zero-order valence-corrected chi connectivity index (χ0v) is 15.4. The molecule has 1 aromatic heterocycles. The molecule has 2 heterocycles. The van der Waals surface area contributed by atoms with E-state index in [1.807, 2.05) is 0 Å². The highest BCUT2D eigenvalue weighted by atomic mass is 16.5. The zero-order valence-electron chi connectivity index (χ0n) is 15.4. The second-order valence-corrected chi connectivity index (χ2v) is 6.99. The summed E-state index contributed by atoms with van der Waals surface area (Å²) in [5, 5.41) is 8.10. The van der Waals surface area contributed by atoms with Crippen LogP contribution in [0.25, 0.3) is 10.9 Å². The Hall–Kier alpha value is -2.01. The lowest BCUT2D eigenvalue weighted by molar-refractivity contribution is 0.0283. The van der Waals surface area contributed by atoms with Crippen LogP contribution >= 0.6 is 0 Å². The van der Waals surface area contributed by atoms with Crippen molar-refractivity contribution in [2.24, 2.45) is 4.99 Å². The number of benzene rings is 1. The molecule has 0 aliphatic carbocycles. The van der Waals surface area contributed by atoms with Crippen LogP contribution in [-0.4, -0.2) is 42.8 Å². The number of nitrogens with zero attached hydrogens (tertiary/aromatic N) is 1. The average molecular weight is 342 g/mol. The quantitative estimate of drug-likeness (QED) is 0.411. The summed E-state index contributed by atoms with van der Waals surface area (Å²) in [6.45, 7) is 7.60. The van der Waals surface area contributed by atoms with Gasteiger partial charge in [0, 0.05) is 36.8 Å². The molecule has 0 bridgehead atoms. The number of hydrogen-bond donors (Lipinski definition) is 3. The summed E-state index contributed by atoms with van der Waals surface area (Å²) < 4.78 is 5.82. The van der Waals surface area contributed by atoms with Crippen molar-refractivity contribution in [3.8, 4) is 0 Å². The van der Waals surface area contributed by atoms with Gasteiger partial charge in [-0.05, 0) is 51.2 Å². The van der Waals surface area contributed by atoms with Crippen molar-refractivity contribution in [3.05, 3.63) is 36.0 Å². The van der Waals surface area contributed by atoms with Gasteiger partial charge < -0.3 is 20.4 Å². The molecule has 0 saturated carbocycles. The average Bonchev–Trinajstić information content (AvgIpc) is 3.23. The standard InChI is InChI=1S/C20H30N4O/c1-3-21-19(24-15-20(2)11-7-13-25-20)22-12-6-8-16-14-23-18-10-5-4-9-17(16)18/h4-5,9-10,14,23H,3,6-8,11-13,15H2,1-2H3,(H2,21,22,24). The molecule has 0 spiro atoms. The molecule has 5 nitrogen and oxygen atoms in total. The van der Waals surface area contributed by atoms with E-state index in [-0.39, 0.29) is 5.60 Å². The summed E-state index contributed by atoms with van der Waals surface area (Å²) in [6.07, 6.45) is 6.48. The largest absolute Gasteiger partial charge is 0.373 e. The van der Waals surface area contributed by atoms with Gasteiger partial charge in [-0.1, -0.05) is 18.2 Å². The van der Waals surface area contributed by atoms with Crippen molar-refractivity contribution in [1.29, 1.82) is 0 Å². The molecule has 0 radical (unpaired) electrons. The number of ether oxygens (including phenoxy) is 1. The Morgan fingerprint density at radius 3 is 3.00 bits per heavy atom. The number of hydrogen-bond acceptors (Lipinski definition) is 2. The van der Waals surface area contributed by atoms with E-state index in [4.69, 9.17) is 9.73 Å². The predicted octanol–water partition coefficient (Wildman–Crippen LogP) is 3.22. The van der Waals surface area contributed by atoms with Gasteiger partial charge >= 0.3 is 0 Å². The van der Waals surface area contributed by atoms with Crippen LogP contribution in [0.2, 0.25) is 0 Å². The van der Waals surface area contributed by atoms with Crippen molar-refractivity contribution >= 4 is 16.9 Å². The van der Waals surface area contributed by atoms with E-state index in [2.05, 4.69) is 59.9 Å². The van der Waals surface area contributed by atoms with Gasteiger partial charge in [0.2, 0.25) is 0 Å². The molecule has 1 unspecified atom stereocenters. The number of aromatic nitrogens is 1. The van der Waals surface area contributed by atoms with Crippen molar-refractivity contribution in [3.63, 3.8) is 0 Å². The summed E-state index contributed by atoms with van der Waals surface area (Å²) in [4.78, 5) is 8.06. The van der Waals surface area contributed by atoms with Crippen LogP contribution in [0.15, 0.2) is 35.5 Å². The number of guanidine groups is 1. The number of aromatic amines is 1. The van der Waals surface area contributed by atoms with E-state index in [1.165, 1.54) is 16.5 Å². The molecular formula is C20H30N4O. The Balaban J connectivity index is 1.48. The smallest absolute Gasteiger partial charge is 0.191 e. The first-order chi connectivity index (χ1) is 12.2. The predicted molar refractivity (Wildman–Crippen MR) is 104 cm³/mol. The van der Waals surface area contributed by atoms with E-state index < -0.39 is 0 Å². The normalized spacial score (nSPS) is 21.0. The number of aryl methyl sites for hydroxylation is 1. The van der Waals surface area contributed by atoms with Crippen molar-refractivity contribution in [1.82, 2.24) is 15.6 Å². The molecule has 3 rings (SSSR count). The Bertz CT molecular complexity index is 701. The molecule has 5 heteroatoms. The van der Waals surface area contributed by atoms with Gasteiger partial charge in [-0.2, -0.15) is 0 Å². The summed E-state index contributed by atoms with van der Waals surface area (Å²) in [6, 6.07) is 8.47. The molecule has 0 amide bonds. The lowest BCUT2D eigenvalue weighted by Crippen LogP contribution is -2.39. The first-order valence-electron chi connectivity index (χ1n) is 9.41. The van der Waals surface area contributed by atoms with E-state index in [0.717, 1.165) is 51.3 Å². The van der Waals surface area contributed by atoms with Crippen LogP contribution < -0.4 is 10.6 Å². The highest BCUT2D eigenvalue weighted by Gasteiger charge is 2.29. The maximum absolute atomic E-state index is 5.82. The van der Waals surface area contributed by atoms with Crippen molar-refractivity contribution in [2.75, 3.05) is 26.2 Å². The summed E-state index contributed by atoms with van der Waals surface area (Å²) in [5.41, 5.74) is 2.50. The van der Waals surface area contributed by atoms with Gasteiger partial charge in [0.1, 0.15) is 0 Å². The van der Waals surface area contributed by atoms with E-state index in [1.54, 1.807) is 0 Å². The lowest BCUT2D eigenvalue weighted by Gasteiger charge is -2.21. The van der Waals surface area contributed by atoms with Gasteiger partial charge in [0.15, 0.2) is 5.96 Å². The number of rotatable bonds is 7. The topological polar surface area (TPSA) is 61.4 Å². The van der Waals surface area contributed by atoms with Gasteiger partial charge in [-0.25, -0.2) is 0 Å². The minimum Gasteiger partial charge on any atom is -0.373 e.